The van der Waals surface area contributed by atoms with Crippen molar-refractivity contribution < 1.29 is 9.59 Å². The van der Waals surface area contributed by atoms with Crippen molar-refractivity contribution in [1.29, 1.82) is 0 Å². The van der Waals surface area contributed by atoms with Crippen molar-refractivity contribution in [3.8, 4) is 0 Å². The lowest BCUT2D eigenvalue weighted by molar-refractivity contribution is -0.114. The number of hydrogen-bond acceptors (Lipinski definition) is 5. The van der Waals surface area contributed by atoms with Gasteiger partial charge in [0.2, 0.25) is 5.91 Å². The summed E-state index contributed by atoms with van der Waals surface area (Å²) in [5.41, 5.74) is 2.04. The Morgan fingerprint density at radius 2 is 2.00 bits per heavy atom. The van der Waals surface area contributed by atoms with E-state index in [-0.39, 0.29) is 11.8 Å². The molecule has 7 heteroatoms. The molecule has 1 aliphatic rings. The van der Waals surface area contributed by atoms with Crippen molar-refractivity contribution in [2.75, 3.05) is 10.2 Å². The van der Waals surface area contributed by atoms with Gasteiger partial charge in [-0.05, 0) is 42.5 Å². The van der Waals surface area contributed by atoms with Crippen LogP contribution in [0.3, 0.4) is 0 Å². The predicted octanol–water partition coefficient (Wildman–Crippen LogP) is 3.45. The van der Waals surface area contributed by atoms with Crippen molar-refractivity contribution in [3.63, 3.8) is 0 Å². The molecule has 0 bridgehead atoms. The zero-order valence-corrected chi connectivity index (χ0v) is 14.4. The van der Waals surface area contributed by atoms with Crippen LogP contribution in [0.5, 0.6) is 0 Å². The molecule has 2 aromatic rings. The highest BCUT2D eigenvalue weighted by Crippen LogP contribution is 2.36. The maximum Gasteiger partial charge on any atom is 0.270 e. The van der Waals surface area contributed by atoms with Gasteiger partial charge >= 0.3 is 0 Å². The quantitative estimate of drug-likeness (QED) is 0.675. The molecular formula is C17H13N3O2S2. The normalized spacial score (nSPS) is 15.9. The number of anilines is 2. The Morgan fingerprint density at radius 3 is 2.62 bits per heavy atom. The molecule has 3 rings (SSSR count). The zero-order chi connectivity index (χ0) is 17.1. The average Bonchev–Trinajstić information content (AvgIpc) is 2.83. The van der Waals surface area contributed by atoms with E-state index in [1.54, 1.807) is 36.5 Å². The van der Waals surface area contributed by atoms with Gasteiger partial charge in [-0.2, -0.15) is 0 Å². The molecule has 1 saturated heterocycles. The molecule has 2 amide bonds. The van der Waals surface area contributed by atoms with Gasteiger partial charge in [0, 0.05) is 18.8 Å². The molecule has 24 heavy (non-hydrogen) atoms. The van der Waals surface area contributed by atoms with Gasteiger partial charge < -0.3 is 5.32 Å². The van der Waals surface area contributed by atoms with E-state index in [9.17, 15) is 9.59 Å². The molecule has 0 atom stereocenters. The molecule has 0 spiro atoms. The molecule has 2 heterocycles. The van der Waals surface area contributed by atoms with Crippen LogP contribution in [0.4, 0.5) is 11.4 Å². The average molecular weight is 355 g/mol. The molecule has 0 aliphatic carbocycles. The number of rotatable bonds is 3. The number of thiocarbonyl (C=S) groups is 1. The summed E-state index contributed by atoms with van der Waals surface area (Å²) in [4.78, 5) is 29.9. The molecule has 120 valence electrons. The van der Waals surface area contributed by atoms with Gasteiger partial charge in [0.15, 0.2) is 4.32 Å². The second-order valence-corrected chi connectivity index (χ2v) is 6.68. The fraction of sp³-hybridized carbons (Fsp3) is 0.0588. The van der Waals surface area contributed by atoms with Gasteiger partial charge in [0.25, 0.3) is 5.91 Å². The summed E-state index contributed by atoms with van der Waals surface area (Å²) < 4.78 is 0.467. The third kappa shape index (κ3) is 3.52. The summed E-state index contributed by atoms with van der Waals surface area (Å²) in [5.74, 6) is -0.324. The number of pyridine rings is 1. The topological polar surface area (TPSA) is 62.3 Å². The summed E-state index contributed by atoms with van der Waals surface area (Å²) in [6.07, 6.45) is 3.40. The minimum absolute atomic E-state index is 0.147. The van der Waals surface area contributed by atoms with Crippen molar-refractivity contribution in [2.24, 2.45) is 0 Å². The van der Waals surface area contributed by atoms with Crippen LogP contribution in [0.15, 0.2) is 53.6 Å². The van der Waals surface area contributed by atoms with E-state index in [0.29, 0.717) is 26.3 Å². The highest BCUT2D eigenvalue weighted by molar-refractivity contribution is 8.27. The third-order valence-corrected chi connectivity index (χ3v) is 4.51. The van der Waals surface area contributed by atoms with Crippen LogP contribution in [0.2, 0.25) is 0 Å². The minimum Gasteiger partial charge on any atom is -0.326 e. The van der Waals surface area contributed by atoms with E-state index in [0.717, 1.165) is 0 Å². The predicted molar refractivity (Wildman–Crippen MR) is 101 cm³/mol. The molecule has 0 radical (unpaired) electrons. The Bertz CT molecular complexity index is 833. The van der Waals surface area contributed by atoms with Crippen molar-refractivity contribution in [2.45, 2.75) is 6.92 Å². The first-order chi connectivity index (χ1) is 11.5. The van der Waals surface area contributed by atoms with Gasteiger partial charge in [-0.15, -0.1) is 0 Å². The number of nitrogens with one attached hydrogen (secondary N) is 1. The Hall–Kier alpha value is -2.51. The molecule has 5 nitrogen and oxygen atoms in total. The van der Waals surface area contributed by atoms with Crippen LogP contribution in [-0.2, 0) is 9.59 Å². The third-order valence-electron chi connectivity index (χ3n) is 3.21. The lowest BCUT2D eigenvalue weighted by atomic mass is 10.2. The molecule has 0 saturated carbocycles. The first-order valence-electron chi connectivity index (χ1n) is 7.11. The van der Waals surface area contributed by atoms with Crippen LogP contribution in [0.1, 0.15) is 12.6 Å². The molecule has 1 aromatic heterocycles. The van der Waals surface area contributed by atoms with E-state index in [1.165, 1.54) is 23.6 Å². The van der Waals surface area contributed by atoms with E-state index in [2.05, 4.69) is 10.3 Å². The van der Waals surface area contributed by atoms with Crippen LogP contribution in [-0.4, -0.2) is 21.1 Å². The number of carbonyl (C=O) groups excluding carboxylic acids is 2. The molecule has 0 unspecified atom stereocenters. The Labute approximate surface area is 148 Å². The molecular weight excluding hydrogens is 342 g/mol. The maximum absolute atomic E-state index is 12.6. The smallest absolute Gasteiger partial charge is 0.270 e. The number of hydrogen-bond donors (Lipinski definition) is 1. The summed E-state index contributed by atoms with van der Waals surface area (Å²) in [6, 6.07) is 12.5. The van der Waals surface area contributed by atoms with Gasteiger partial charge in [-0.1, -0.05) is 30.0 Å². The summed E-state index contributed by atoms with van der Waals surface area (Å²) in [5, 5.41) is 2.69. The summed E-state index contributed by atoms with van der Waals surface area (Å²) in [7, 11) is 0. The maximum atomic E-state index is 12.6. The van der Waals surface area contributed by atoms with E-state index in [4.69, 9.17) is 12.2 Å². The second kappa shape index (κ2) is 6.94. The van der Waals surface area contributed by atoms with E-state index < -0.39 is 0 Å². The summed E-state index contributed by atoms with van der Waals surface area (Å²) in [6.45, 7) is 1.44. The minimum atomic E-state index is -0.178. The molecule has 1 N–H and O–H groups in total. The number of aromatic nitrogens is 1. The largest absolute Gasteiger partial charge is 0.326 e. The van der Waals surface area contributed by atoms with Crippen molar-refractivity contribution in [1.82, 2.24) is 4.98 Å². The van der Waals surface area contributed by atoms with Gasteiger partial charge in [0.1, 0.15) is 0 Å². The van der Waals surface area contributed by atoms with Crippen LogP contribution in [0.25, 0.3) is 6.08 Å². The Morgan fingerprint density at radius 1 is 1.25 bits per heavy atom. The number of thioether (sulfide) groups is 1. The first kappa shape index (κ1) is 16.4. The molecule has 1 aliphatic heterocycles. The van der Waals surface area contributed by atoms with Gasteiger partial charge in [-0.3, -0.25) is 19.5 Å². The lowest BCUT2D eigenvalue weighted by Crippen LogP contribution is -2.27. The first-order valence-corrected chi connectivity index (χ1v) is 8.34. The monoisotopic (exact) mass is 355 g/mol. The molecule has 1 aromatic carbocycles. The SMILES string of the molecule is CC(=O)Nc1ccc(N2C(=O)C(=Cc3ccccn3)SC2=S)cc1. The Balaban J connectivity index is 1.84. The van der Waals surface area contributed by atoms with E-state index >= 15 is 0 Å². The van der Waals surface area contributed by atoms with Crippen molar-refractivity contribution >= 4 is 57.6 Å². The lowest BCUT2D eigenvalue weighted by Gasteiger charge is -2.15. The summed E-state index contributed by atoms with van der Waals surface area (Å²) >= 11 is 6.58. The van der Waals surface area contributed by atoms with E-state index in [1.807, 2.05) is 18.2 Å². The highest BCUT2D eigenvalue weighted by Gasteiger charge is 2.33. The van der Waals surface area contributed by atoms with Gasteiger partial charge in [-0.25, -0.2) is 0 Å². The fourth-order valence-electron chi connectivity index (χ4n) is 2.18. The fourth-order valence-corrected chi connectivity index (χ4v) is 3.47. The highest BCUT2D eigenvalue weighted by atomic mass is 32.2. The van der Waals surface area contributed by atoms with Crippen LogP contribution >= 0.6 is 24.0 Å². The van der Waals surface area contributed by atoms with Gasteiger partial charge in [0.05, 0.1) is 16.3 Å². The number of amides is 2. The second-order valence-electron chi connectivity index (χ2n) is 5.00. The Kier molecular flexibility index (Phi) is 4.73. The molecule has 1 fully saturated rings. The zero-order valence-electron chi connectivity index (χ0n) is 12.7. The standard InChI is InChI=1S/C17H13N3O2S2/c1-11(21)19-12-5-7-14(8-6-12)20-16(22)15(24-17(20)23)10-13-4-2-3-9-18-13/h2-10H,1H3,(H,19,21). The number of nitrogens with zero attached hydrogens (tertiary/aromatic N) is 2. The van der Waals surface area contributed by atoms with Crippen LogP contribution < -0.4 is 10.2 Å². The number of carbonyl (C=O) groups is 2. The van der Waals surface area contributed by atoms with Crippen molar-refractivity contribution in [3.05, 3.63) is 59.3 Å². The van der Waals surface area contributed by atoms with Crippen LogP contribution in [0, 0.1) is 0 Å². The number of benzene rings is 1.